The number of carbonyl (C=O) groups is 1. The molecule has 1 fully saturated rings. The van der Waals surface area contributed by atoms with Crippen LogP contribution in [0.3, 0.4) is 0 Å². The molecule has 0 aromatic carbocycles. The van der Waals surface area contributed by atoms with Crippen LogP contribution < -0.4 is 5.43 Å². The lowest BCUT2D eigenvalue weighted by Crippen LogP contribution is -2.20. The topological polar surface area (TPSA) is 54.4 Å². The predicted molar refractivity (Wildman–Crippen MR) is 73.7 cm³/mol. The highest BCUT2D eigenvalue weighted by molar-refractivity contribution is 8.39. The number of hydrogen-bond donors (Lipinski definition) is 1. The third-order valence-electron chi connectivity index (χ3n) is 1.94. The van der Waals surface area contributed by atoms with Crippen LogP contribution in [0.1, 0.15) is 16.9 Å². The van der Waals surface area contributed by atoms with E-state index in [1.807, 2.05) is 0 Å². The van der Waals surface area contributed by atoms with Gasteiger partial charge in [0.05, 0.1) is 0 Å². The minimum atomic E-state index is -0.341. The molecule has 17 heavy (non-hydrogen) atoms. The lowest BCUT2D eigenvalue weighted by molar-refractivity contribution is 0.0950. The molecular formula is C10H10ClN3OS2. The minimum Gasteiger partial charge on any atom is -0.266 e. The Morgan fingerprint density at radius 3 is 2.94 bits per heavy atom. The molecule has 1 amide bonds. The molecule has 1 aromatic rings. The van der Waals surface area contributed by atoms with Gasteiger partial charge in [0.1, 0.15) is 10.1 Å². The van der Waals surface area contributed by atoms with E-state index < -0.39 is 0 Å². The van der Waals surface area contributed by atoms with Gasteiger partial charge in [-0.25, -0.2) is 5.43 Å². The Labute approximate surface area is 113 Å². The molecule has 0 radical (unpaired) electrons. The molecule has 0 spiro atoms. The molecule has 0 bridgehead atoms. The Morgan fingerprint density at radius 1 is 1.47 bits per heavy atom. The van der Waals surface area contributed by atoms with E-state index in [4.69, 9.17) is 11.6 Å². The van der Waals surface area contributed by atoms with E-state index in [2.05, 4.69) is 15.5 Å². The van der Waals surface area contributed by atoms with Gasteiger partial charge in [-0.05, 0) is 18.6 Å². The molecule has 1 saturated heterocycles. The number of rotatable bonds is 2. The molecule has 2 rings (SSSR count). The highest BCUT2D eigenvalue weighted by Gasteiger charge is 2.10. The van der Waals surface area contributed by atoms with Crippen molar-refractivity contribution in [2.24, 2.45) is 5.10 Å². The number of halogens is 1. The van der Waals surface area contributed by atoms with Crippen molar-refractivity contribution in [3.05, 3.63) is 29.0 Å². The fourth-order valence-electron chi connectivity index (χ4n) is 1.17. The van der Waals surface area contributed by atoms with Crippen LogP contribution in [-0.4, -0.2) is 26.8 Å². The fraction of sp³-hybridized carbons (Fsp3) is 0.300. The number of amides is 1. The average molecular weight is 288 g/mol. The molecule has 4 nitrogen and oxygen atoms in total. The van der Waals surface area contributed by atoms with E-state index in [1.165, 1.54) is 18.7 Å². The van der Waals surface area contributed by atoms with E-state index in [0.717, 1.165) is 15.9 Å². The minimum absolute atomic E-state index is 0.271. The summed E-state index contributed by atoms with van der Waals surface area (Å²) in [5.74, 6) is 1.76. The Bertz CT molecular complexity index is 445. The summed E-state index contributed by atoms with van der Waals surface area (Å²) in [4.78, 5) is 15.6. The summed E-state index contributed by atoms with van der Waals surface area (Å²) in [6.45, 7) is 0. The number of nitrogens with zero attached hydrogens (tertiary/aromatic N) is 2. The molecule has 0 saturated carbocycles. The summed E-state index contributed by atoms with van der Waals surface area (Å²) >= 11 is 9.08. The zero-order chi connectivity index (χ0) is 12.1. The third-order valence-corrected chi connectivity index (χ3v) is 4.55. The first-order valence-electron chi connectivity index (χ1n) is 5.01. The first-order valence-corrected chi connectivity index (χ1v) is 7.36. The van der Waals surface area contributed by atoms with E-state index in [0.29, 0.717) is 5.02 Å². The molecule has 0 atom stereocenters. The summed E-state index contributed by atoms with van der Waals surface area (Å²) < 4.78 is 0.895. The maximum atomic E-state index is 11.7. The van der Waals surface area contributed by atoms with Crippen molar-refractivity contribution in [3.8, 4) is 0 Å². The molecule has 1 N–H and O–H groups in total. The third kappa shape index (κ3) is 3.90. The zero-order valence-corrected chi connectivity index (χ0v) is 11.2. The number of aromatic nitrogens is 1. The van der Waals surface area contributed by atoms with Crippen molar-refractivity contribution in [3.63, 3.8) is 0 Å². The SMILES string of the molecule is O=C(NN=C1SCCCS1)c1cc(Cl)ccn1. The molecule has 90 valence electrons. The van der Waals surface area contributed by atoms with Crippen LogP contribution in [-0.2, 0) is 0 Å². The molecule has 0 unspecified atom stereocenters. The first kappa shape index (κ1) is 12.7. The smallest absolute Gasteiger partial charge is 0.266 e. The summed E-state index contributed by atoms with van der Waals surface area (Å²) in [5, 5.41) is 4.53. The normalized spacial score (nSPS) is 15.5. The number of hydrogen-bond acceptors (Lipinski definition) is 5. The van der Waals surface area contributed by atoms with Gasteiger partial charge in [-0.15, -0.1) is 0 Å². The van der Waals surface area contributed by atoms with Gasteiger partial charge < -0.3 is 0 Å². The van der Waals surface area contributed by atoms with Crippen molar-refractivity contribution < 1.29 is 4.79 Å². The molecular weight excluding hydrogens is 278 g/mol. The van der Waals surface area contributed by atoms with Crippen molar-refractivity contribution in [2.75, 3.05) is 11.5 Å². The van der Waals surface area contributed by atoms with Gasteiger partial charge in [0.15, 0.2) is 0 Å². The van der Waals surface area contributed by atoms with Crippen LogP contribution in [0, 0.1) is 0 Å². The largest absolute Gasteiger partial charge is 0.290 e. The molecule has 0 aliphatic carbocycles. The summed E-state index contributed by atoms with van der Waals surface area (Å²) in [6, 6.07) is 3.13. The van der Waals surface area contributed by atoms with Gasteiger partial charge in [-0.1, -0.05) is 35.1 Å². The maximum absolute atomic E-state index is 11.7. The van der Waals surface area contributed by atoms with E-state index in [1.54, 1.807) is 29.6 Å². The number of hydrazone groups is 1. The van der Waals surface area contributed by atoms with E-state index >= 15 is 0 Å². The molecule has 2 heterocycles. The summed E-state index contributed by atoms with van der Waals surface area (Å²) in [6.07, 6.45) is 2.67. The van der Waals surface area contributed by atoms with Gasteiger partial charge in [0, 0.05) is 22.7 Å². The van der Waals surface area contributed by atoms with Crippen LogP contribution >= 0.6 is 35.1 Å². The fourth-order valence-corrected chi connectivity index (χ4v) is 3.49. The van der Waals surface area contributed by atoms with Crippen LogP contribution in [0.4, 0.5) is 0 Å². The molecule has 7 heteroatoms. The van der Waals surface area contributed by atoms with E-state index in [9.17, 15) is 4.79 Å². The maximum Gasteiger partial charge on any atom is 0.290 e. The van der Waals surface area contributed by atoms with Gasteiger partial charge in [-0.3, -0.25) is 9.78 Å². The second-order valence-corrected chi connectivity index (χ2v) is 6.09. The second-order valence-electron chi connectivity index (χ2n) is 3.23. The zero-order valence-electron chi connectivity index (χ0n) is 8.85. The highest BCUT2D eigenvalue weighted by atomic mass is 35.5. The first-order chi connectivity index (χ1) is 8.25. The van der Waals surface area contributed by atoms with Gasteiger partial charge >= 0.3 is 0 Å². The predicted octanol–water partition coefficient (Wildman–Crippen LogP) is 2.61. The highest BCUT2D eigenvalue weighted by Crippen LogP contribution is 2.24. The average Bonchev–Trinajstić information content (AvgIpc) is 2.37. The van der Waals surface area contributed by atoms with Crippen LogP contribution in [0.2, 0.25) is 5.02 Å². The lowest BCUT2D eigenvalue weighted by Gasteiger charge is -2.10. The Balaban J connectivity index is 1.97. The standard InChI is InChI=1S/C10H10ClN3OS2/c11-7-2-3-12-8(6-7)9(15)13-14-10-16-4-1-5-17-10/h2-3,6H,1,4-5H2,(H,13,15). The van der Waals surface area contributed by atoms with Crippen molar-refractivity contribution in [2.45, 2.75) is 6.42 Å². The number of pyridine rings is 1. The summed E-state index contributed by atoms with van der Waals surface area (Å²) in [7, 11) is 0. The number of nitrogens with one attached hydrogen (secondary N) is 1. The van der Waals surface area contributed by atoms with Gasteiger partial charge in [0.2, 0.25) is 0 Å². The van der Waals surface area contributed by atoms with Crippen molar-refractivity contribution in [1.29, 1.82) is 0 Å². The lowest BCUT2D eigenvalue weighted by atomic mass is 10.3. The van der Waals surface area contributed by atoms with Gasteiger partial charge in [0.25, 0.3) is 5.91 Å². The quantitative estimate of drug-likeness (QED) is 0.850. The Hall–Kier alpha value is -0.720. The molecule has 1 aromatic heterocycles. The molecule has 1 aliphatic heterocycles. The Kier molecular flexibility index (Phi) is 4.70. The summed E-state index contributed by atoms with van der Waals surface area (Å²) in [5.41, 5.74) is 2.75. The van der Waals surface area contributed by atoms with Gasteiger partial charge in [-0.2, -0.15) is 5.10 Å². The second kappa shape index (κ2) is 6.28. The van der Waals surface area contributed by atoms with Crippen molar-refractivity contribution in [1.82, 2.24) is 10.4 Å². The molecule has 1 aliphatic rings. The number of thioether (sulfide) groups is 2. The monoisotopic (exact) mass is 287 g/mol. The van der Waals surface area contributed by atoms with Crippen LogP contribution in [0.15, 0.2) is 23.4 Å². The Morgan fingerprint density at radius 2 is 2.24 bits per heavy atom. The van der Waals surface area contributed by atoms with Crippen LogP contribution in [0.25, 0.3) is 0 Å². The number of carbonyl (C=O) groups excluding carboxylic acids is 1. The van der Waals surface area contributed by atoms with Crippen LogP contribution in [0.5, 0.6) is 0 Å². The van der Waals surface area contributed by atoms with E-state index in [-0.39, 0.29) is 11.6 Å². The van der Waals surface area contributed by atoms with Crippen molar-refractivity contribution >= 4 is 45.4 Å².